The van der Waals surface area contributed by atoms with Crippen LogP contribution in [0.3, 0.4) is 0 Å². The maximum atomic E-state index is 11.9. The molecule has 140 valence electrons. The number of amides is 1. The third-order valence-electron chi connectivity index (χ3n) is 3.53. The van der Waals surface area contributed by atoms with Gasteiger partial charge in [0.15, 0.2) is 0 Å². The van der Waals surface area contributed by atoms with Crippen molar-refractivity contribution in [1.29, 1.82) is 0 Å². The molecule has 27 heavy (non-hydrogen) atoms. The standard InChI is InChI=1S/C18H17N3O5S/c1-24-16(22)8-7-14-19-17(21-26-14)13-9-15(27-11-13)20-18(23)25-10-12-5-3-2-4-6-12/h2-6,9,11H,7-8,10H2,1H3,(H,20,23). The van der Waals surface area contributed by atoms with Crippen molar-refractivity contribution in [3.05, 3.63) is 53.2 Å². The smallest absolute Gasteiger partial charge is 0.412 e. The lowest BCUT2D eigenvalue weighted by molar-refractivity contribution is -0.140. The van der Waals surface area contributed by atoms with Crippen LogP contribution in [0, 0.1) is 0 Å². The lowest BCUT2D eigenvalue weighted by Crippen LogP contribution is -2.12. The van der Waals surface area contributed by atoms with Gasteiger partial charge in [0.25, 0.3) is 0 Å². The van der Waals surface area contributed by atoms with Gasteiger partial charge in [-0.15, -0.1) is 11.3 Å². The number of methoxy groups -OCH3 is 1. The number of hydrogen-bond donors (Lipinski definition) is 1. The molecule has 0 atom stereocenters. The van der Waals surface area contributed by atoms with E-state index in [1.54, 1.807) is 11.4 Å². The van der Waals surface area contributed by atoms with Gasteiger partial charge in [-0.2, -0.15) is 4.98 Å². The van der Waals surface area contributed by atoms with Gasteiger partial charge >= 0.3 is 12.1 Å². The fourth-order valence-corrected chi connectivity index (χ4v) is 2.93. The number of nitrogens with one attached hydrogen (secondary N) is 1. The lowest BCUT2D eigenvalue weighted by Gasteiger charge is -2.05. The van der Waals surface area contributed by atoms with Crippen LogP contribution in [-0.4, -0.2) is 29.3 Å². The highest BCUT2D eigenvalue weighted by Gasteiger charge is 2.13. The van der Waals surface area contributed by atoms with Crippen LogP contribution in [0.1, 0.15) is 17.9 Å². The van der Waals surface area contributed by atoms with Crippen LogP contribution in [-0.2, 0) is 27.3 Å². The monoisotopic (exact) mass is 387 g/mol. The molecule has 2 aromatic heterocycles. The predicted octanol–water partition coefficient (Wildman–Crippen LogP) is 3.65. The summed E-state index contributed by atoms with van der Waals surface area (Å²) in [7, 11) is 1.33. The highest BCUT2D eigenvalue weighted by atomic mass is 32.1. The molecule has 1 N–H and O–H groups in total. The minimum atomic E-state index is -0.542. The second-order valence-electron chi connectivity index (χ2n) is 5.47. The number of rotatable bonds is 7. The number of thiophene rings is 1. The van der Waals surface area contributed by atoms with E-state index in [1.807, 2.05) is 30.3 Å². The Kier molecular flexibility index (Phi) is 6.16. The van der Waals surface area contributed by atoms with E-state index < -0.39 is 6.09 Å². The largest absolute Gasteiger partial charge is 0.469 e. The van der Waals surface area contributed by atoms with E-state index in [2.05, 4.69) is 20.2 Å². The Labute approximate surface area is 159 Å². The number of aromatic nitrogens is 2. The first-order chi connectivity index (χ1) is 13.1. The van der Waals surface area contributed by atoms with Crippen molar-refractivity contribution in [3.8, 4) is 11.4 Å². The van der Waals surface area contributed by atoms with Crippen LogP contribution in [0.2, 0.25) is 0 Å². The minimum Gasteiger partial charge on any atom is -0.469 e. The topological polar surface area (TPSA) is 104 Å². The van der Waals surface area contributed by atoms with Gasteiger partial charge in [0, 0.05) is 17.4 Å². The molecule has 0 fully saturated rings. The van der Waals surface area contributed by atoms with E-state index in [4.69, 9.17) is 9.26 Å². The summed E-state index contributed by atoms with van der Waals surface area (Å²) in [5.41, 5.74) is 1.61. The fraction of sp³-hybridized carbons (Fsp3) is 0.222. The molecule has 0 aliphatic rings. The van der Waals surface area contributed by atoms with Crippen molar-refractivity contribution in [1.82, 2.24) is 10.1 Å². The van der Waals surface area contributed by atoms with Crippen molar-refractivity contribution in [2.24, 2.45) is 0 Å². The first kappa shape index (κ1) is 18.6. The minimum absolute atomic E-state index is 0.168. The van der Waals surface area contributed by atoms with Gasteiger partial charge in [-0.3, -0.25) is 10.1 Å². The van der Waals surface area contributed by atoms with E-state index in [0.717, 1.165) is 5.56 Å². The number of carbonyl (C=O) groups is 2. The molecule has 2 heterocycles. The number of nitrogens with zero attached hydrogens (tertiary/aromatic N) is 2. The molecule has 1 amide bonds. The average Bonchev–Trinajstić information content (AvgIpc) is 3.34. The van der Waals surface area contributed by atoms with Gasteiger partial charge in [-0.25, -0.2) is 4.79 Å². The van der Waals surface area contributed by atoms with Crippen LogP contribution in [0.25, 0.3) is 11.4 Å². The molecule has 0 saturated carbocycles. The second-order valence-corrected chi connectivity index (χ2v) is 6.39. The summed E-state index contributed by atoms with van der Waals surface area (Å²) in [6.07, 6.45) is -0.0677. The highest BCUT2D eigenvalue weighted by Crippen LogP contribution is 2.27. The zero-order valence-corrected chi connectivity index (χ0v) is 15.3. The number of carbonyl (C=O) groups excluding carboxylic acids is 2. The molecule has 0 aliphatic carbocycles. The summed E-state index contributed by atoms with van der Waals surface area (Å²) >= 11 is 1.32. The number of benzene rings is 1. The number of anilines is 1. The molecule has 0 saturated heterocycles. The predicted molar refractivity (Wildman–Crippen MR) is 98.2 cm³/mol. The average molecular weight is 387 g/mol. The summed E-state index contributed by atoms with van der Waals surface area (Å²) in [5, 5.41) is 8.94. The molecule has 0 bridgehead atoms. The zero-order chi connectivity index (χ0) is 19.1. The van der Waals surface area contributed by atoms with Crippen molar-refractivity contribution in [3.63, 3.8) is 0 Å². The molecule has 8 nitrogen and oxygen atoms in total. The van der Waals surface area contributed by atoms with Crippen molar-refractivity contribution in [2.75, 3.05) is 12.4 Å². The Morgan fingerprint density at radius 1 is 1.26 bits per heavy atom. The SMILES string of the molecule is COC(=O)CCc1nc(-c2csc(NC(=O)OCc3ccccc3)c2)no1. The second kappa shape index (κ2) is 8.95. The Morgan fingerprint density at radius 2 is 2.07 bits per heavy atom. The van der Waals surface area contributed by atoms with Crippen molar-refractivity contribution >= 4 is 28.4 Å². The van der Waals surface area contributed by atoms with Crippen LogP contribution >= 0.6 is 11.3 Å². The molecule has 3 rings (SSSR count). The van der Waals surface area contributed by atoms with E-state index in [0.29, 0.717) is 28.7 Å². The van der Waals surface area contributed by atoms with Crippen molar-refractivity contribution < 1.29 is 23.6 Å². The molecule has 0 aliphatic heterocycles. The molecule has 3 aromatic rings. The van der Waals surface area contributed by atoms with Gasteiger partial charge in [-0.1, -0.05) is 35.5 Å². The van der Waals surface area contributed by atoms with Gasteiger partial charge in [0.2, 0.25) is 11.7 Å². The Balaban J connectivity index is 1.53. The summed E-state index contributed by atoms with van der Waals surface area (Å²) in [5.74, 6) is 0.390. The molecule has 1 aromatic carbocycles. The van der Waals surface area contributed by atoms with E-state index in [1.165, 1.54) is 18.4 Å². The number of hydrogen-bond acceptors (Lipinski definition) is 8. The van der Waals surface area contributed by atoms with E-state index in [9.17, 15) is 9.59 Å². The maximum absolute atomic E-state index is 11.9. The number of aryl methyl sites for hydroxylation is 1. The molecular weight excluding hydrogens is 370 g/mol. The molecule has 0 unspecified atom stereocenters. The summed E-state index contributed by atoms with van der Waals surface area (Å²) in [6.45, 7) is 0.194. The molecule has 0 spiro atoms. The number of ether oxygens (including phenoxy) is 2. The van der Waals surface area contributed by atoms with Gasteiger partial charge in [-0.05, 0) is 11.6 Å². The molecule has 0 radical (unpaired) electrons. The molecular formula is C18H17N3O5S. The maximum Gasteiger partial charge on any atom is 0.412 e. The summed E-state index contributed by atoms with van der Waals surface area (Å²) < 4.78 is 14.9. The normalized spacial score (nSPS) is 10.4. The van der Waals surface area contributed by atoms with Crippen molar-refractivity contribution in [2.45, 2.75) is 19.4 Å². The van der Waals surface area contributed by atoms with Crippen LogP contribution in [0.15, 0.2) is 46.3 Å². The Hall–Kier alpha value is -3.20. The summed E-state index contributed by atoms with van der Waals surface area (Å²) in [6, 6.07) is 11.1. The lowest BCUT2D eigenvalue weighted by atomic mass is 10.2. The quantitative estimate of drug-likeness (QED) is 0.617. The Bertz CT molecular complexity index is 907. The van der Waals surface area contributed by atoms with Gasteiger partial charge in [0.05, 0.1) is 18.5 Å². The highest BCUT2D eigenvalue weighted by molar-refractivity contribution is 7.14. The van der Waals surface area contributed by atoms with Gasteiger partial charge in [0.1, 0.15) is 6.61 Å². The van der Waals surface area contributed by atoms with Crippen LogP contribution in [0.5, 0.6) is 0 Å². The van der Waals surface area contributed by atoms with Crippen LogP contribution < -0.4 is 5.32 Å². The van der Waals surface area contributed by atoms with Crippen LogP contribution in [0.4, 0.5) is 9.80 Å². The first-order valence-corrected chi connectivity index (χ1v) is 8.98. The summed E-state index contributed by atoms with van der Waals surface area (Å²) in [4.78, 5) is 27.3. The molecule has 9 heteroatoms. The van der Waals surface area contributed by atoms with E-state index in [-0.39, 0.29) is 19.0 Å². The van der Waals surface area contributed by atoms with E-state index >= 15 is 0 Å². The number of esters is 1. The third-order valence-corrected chi connectivity index (χ3v) is 4.38. The zero-order valence-electron chi connectivity index (χ0n) is 14.5. The Morgan fingerprint density at radius 3 is 2.85 bits per heavy atom. The third kappa shape index (κ3) is 5.38. The fourth-order valence-electron chi connectivity index (χ4n) is 2.16. The van der Waals surface area contributed by atoms with Gasteiger partial charge < -0.3 is 14.0 Å². The first-order valence-electron chi connectivity index (χ1n) is 8.10.